The summed E-state index contributed by atoms with van der Waals surface area (Å²) in [5.74, 6) is 0.145. The lowest BCUT2D eigenvalue weighted by molar-refractivity contribution is -0.139. The number of aliphatic hydroxyl groups is 1. The van der Waals surface area contributed by atoms with Gasteiger partial charge < -0.3 is 19.3 Å². The summed E-state index contributed by atoms with van der Waals surface area (Å²) in [6.07, 6.45) is 4.45. The molecule has 0 heterocycles. The zero-order chi connectivity index (χ0) is 22.6. The highest BCUT2D eigenvalue weighted by Gasteiger charge is 2.06. The number of aliphatic hydroxyl groups excluding tert-OH is 1. The molecule has 31 heavy (non-hydrogen) atoms. The van der Waals surface area contributed by atoms with Gasteiger partial charge in [0.15, 0.2) is 0 Å². The largest absolute Gasteiger partial charge is 0.493 e. The molecule has 0 saturated heterocycles. The maximum absolute atomic E-state index is 11.5. The van der Waals surface area contributed by atoms with E-state index >= 15 is 0 Å². The Morgan fingerprint density at radius 3 is 1.94 bits per heavy atom. The van der Waals surface area contributed by atoms with Gasteiger partial charge in [-0.15, -0.1) is 0 Å². The van der Waals surface area contributed by atoms with Crippen molar-refractivity contribution < 1.29 is 28.9 Å². The van der Waals surface area contributed by atoms with Crippen LogP contribution in [0.1, 0.15) is 24.5 Å². The summed E-state index contributed by atoms with van der Waals surface area (Å²) in [5, 5.41) is 8.79. The molecule has 0 spiro atoms. The quantitative estimate of drug-likeness (QED) is 0.192. The minimum Gasteiger partial charge on any atom is -0.493 e. The van der Waals surface area contributed by atoms with Crippen molar-refractivity contribution in [3.63, 3.8) is 0 Å². The second-order valence-corrected chi connectivity index (χ2v) is 6.74. The van der Waals surface area contributed by atoms with E-state index in [1.54, 1.807) is 19.1 Å². The van der Waals surface area contributed by atoms with Gasteiger partial charge in [0.2, 0.25) is 0 Å². The van der Waals surface area contributed by atoms with Gasteiger partial charge in [0.05, 0.1) is 25.4 Å². The number of esters is 2. The summed E-state index contributed by atoms with van der Waals surface area (Å²) in [5.41, 5.74) is 2.35. The lowest BCUT2D eigenvalue weighted by Gasteiger charge is -2.08. The smallest absolute Gasteiger partial charge is 0.338 e. The first-order chi connectivity index (χ1) is 14.9. The Kier molecular flexibility index (Phi) is 9.26. The first kappa shape index (κ1) is 23.6. The van der Waals surface area contributed by atoms with Crippen LogP contribution < -0.4 is 9.47 Å². The summed E-state index contributed by atoms with van der Waals surface area (Å²) in [6.45, 7) is 8.74. The van der Waals surface area contributed by atoms with Crippen LogP contribution in [0, 0.1) is 0 Å². The number of ether oxygens (including phenoxy) is 3. The number of benzene rings is 2. The monoisotopic (exact) mass is 422 g/mol. The number of hydrogen-bond donors (Lipinski definition) is 1. The molecular formula is C25H26O6. The minimum absolute atomic E-state index is 0.0340. The molecule has 6 heteroatoms. The molecule has 0 aliphatic heterocycles. The van der Waals surface area contributed by atoms with E-state index in [0.29, 0.717) is 30.1 Å². The van der Waals surface area contributed by atoms with E-state index in [4.69, 9.17) is 19.3 Å². The van der Waals surface area contributed by atoms with Crippen molar-refractivity contribution in [1.29, 1.82) is 0 Å². The van der Waals surface area contributed by atoms with E-state index < -0.39 is 18.5 Å². The molecule has 0 aliphatic carbocycles. The number of carbonyl (C=O) groups is 2. The number of rotatable bonds is 11. The van der Waals surface area contributed by atoms with Gasteiger partial charge in [0, 0.05) is 12.0 Å². The highest BCUT2D eigenvalue weighted by molar-refractivity contribution is 5.89. The molecule has 0 saturated carbocycles. The van der Waals surface area contributed by atoms with Crippen molar-refractivity contribution in [2.24, 2.45) is 0 Å². The highest BCUT2D eigenvalue weighted by atomic mass is 16.5. The molecule has 0 aliphatic rings. The third kappa shape index (κ3) is 8.32. The van der Waals surface area contributed by atoms with Gasteiger partial charge in [-0.2, -0.15) is 0 Å². The standard InChI is InChI=1S/C25H26O6/c1-18(2)24(27)31-23-13-9-21(10-14-23)6-5-20-7-11-22(12-8-20)29-15-4-16-30-25(28)19(3)17-26/h5-14,26H,1,3-4,15-17H2,2H3/b6-5+. The van der Waals surface area contributed by atoms with Gasteiger partial charge in [0.25, 0.3) is 0 Å². The molecule has 0 amide bonds. The van der Waals surface area contributed by atoms with E-state index in [1.807, 2.05) is 48.6 Å². The first-order valence-electron chi connectivity index (χ1n) is 9.73. The van der Waals surface area contributed by atoms with Gasteiger partial charge in [-0.05, 0) is 42.3 Å². The lowest BCUT2D eigenvalue weighted by atomic mass is 10.1. The molecule has 2 rings (SSSR count). The zero-order valence-corrected chi connectivity index (χ0v) is 17.5. The van der Waals surface area contributed by atoms with Crippen LogP contribution >= 0.6 is 0 Å². The summed E-state index contributed by atoms with van der Waals surface area (Å²) in [6, 6.07) is 14.8. The van der Waals surface area contributed by atoms with Gasteiger partial charge >= 0.3 is 11.9 Å². The maximum atomic E-state index is 11.5. The number of hydrogen-bond acceptors (Lipinski definition) is 6. The van der Waals surface area contributed by atoms with Crippen molar-refractivity contribution >= 4 is 24.1 Å². The van der Waals surface area contributed by atoms with Crippen LogP contribution in [0.5, 0.6) is 11.5 Å². The molecule has 0 radical (unpaired) electrons. The molecule has 1 N–H and O–H groups in total. The topological polar surface area (TPSA) is 82.1 Å². The van der Waals surface area contributed by atoms with Crippen molar-refractivity contribution in [3.05, 3.63) is 84.0 Å². The molecule has 162 valence electrons. The van der Waals surface area contributed by atoms with Crippen LogP contribution in [0.15, 0.2) is 72.8 Å². The van der Waals surface area contributed by atoms with Gasteiger partial charge in [-0.25, -0.2) is 9.59 Å². The van der Waals surface area contributed by atoms with Crippen LogP contribution in [-0.4, -0.2) is 36.9 Å². The Morgan fingerprint density at radius 1 is 0.871 bits per heavy atom. The zero-order valence-electron chi connectivity index (χ0n) is 17.5. The Morgan fingerprint density at radius 2 is 1.42 bits per heavy atom. The van der Waals surface area contributed by atoms with Crippen molar-refractivity contribution in [1.82, 2.24) is 0 Å². The molecular weight excluding hydrogens is 396 g/mol. The molecule has 0 bridgehead atoms. The molecule has 2 aromatic rings. The average Bonchev–Trinajstić information content (AvgIpc) is 2.78. The Bertz CT molecular complexity index is 939. The molecule has 0 fully saturated rings. The Labute approximate surface area is 182 Å². The summed E-state index contributed by atoms with van der Waals surface area (Å²) in [7, 11) is 0. The van der Waals surface area contributed by atoms with Crippen molar-refractivity contribution in [3.8, 4) is 11.5 Å². The lowest BCUT2D eigenvalue weighted by Crippen LogP contribution is -2.12. The van der Waals surface area contributed by atoms with Crippen LogP contribution in [0.3, 0.4) is 0 Å². The SMILES string of the molecule is C=C(C)C(=O)Oc1ccc(/C=C/c2ccc(OCCCOC(=O)C(=C)CO)cc2)cc1. The van der Waals surface area contributed by atoms with Crippen LogP contribution in [0.4, 0.5) is 0 Å². The maximum Gasteiger partial charge on any atom is 0.338 e. The fourth-order valence-electron chi connectivity index (χ4n) is 2.29. The predicted octanol–water partition coefficient (Wildman–Crippen LogP) is 4.20. The molecule has 2 aromatic carbocycles. The Balaban J connectivity index is 1.77. The number of carbonyl (C=O) groups excluding carboxylic acids is 2. The predicted molar refractivity (Wildman–Crippen MR) is 120 cm³/mol. The van der Waals surface area contributed by atoms with Crippen molar-refractivity contribution in [2.45, 2.75) is 13.3 Å². The second kappa shape index (κ2) is 12.1. The highest BCUT2D eigenvalue weighted by Crippen LogP contribution is 2.17. The molecule has 0 aromatic heterocycles. The summed E-state index contributed by atoms with van der Waals surface area (Å²) >= 11 is 0. The molecule has 0 unspecified atom stereocenters. The molecule has 0 atom stereocenters. The average molecular weight is 422 g/mol. The van der Waals surface area contributed by atoms with Gasteiger partial charge in [0.1, 0.15) is 11.5 Å². The Hall–Kier alpha value is -3.64. The fourth-order valence-corrected chi connectivity index (χ4v) is 2.29. The third-order valence-electron chi connectivity index (χ3n) is 4.06. The van der Waals surface area contributed by atoms with E-state index in [9.17, 15) is 9.59 Å². The van der Waals surface area contributed by atoms with Crippen LogP contribution in [0.25, 0.3) is 12.2 Å². The van der Waals surface area contributed by atoms with E-state index in [-0.39, 0.29) is 12.2 Å². The van der Waals surface area contributed by atoms with E-state index in [2.05, 4.69) is 13.2 Å². The molecule has 6 nitrogen and oxygen atoms in total. The van der Waals surface area contributed by atoms with Crippen LogP contribution in [0.2, 0.25) is 0 Å². The minimum atomic E-state index is -0.596. The first-order valence-corrected chi connectivity index (χ1v) is 9.73. The fraction of sp³-hybridized carbons (Fsp3) is 0.200. The summed E-state index contributed by atoms with van der Waals surface area (Å²) < 4.78 is 15.7. The normalized spacial score (nSPS) is 10.5. The summed E-state index contributed by atoms with van der Waals surface area (Å²) in [4.78, 5) is 22.9. The van der Waals surface area contributed by atoms with Gasteiger partial charge in [-0.1, -0.05) is 49.6 Å². The van der Waals surface area contributed by atoms with Gasteiger partial charge in [-0.3, -0.25) is 0 Å². The second-order valence-electron chi connectivity index (χ2n) is 6.74. The van der Waals surface area contributed by atoms with E-state index in [1.165, 1.54) is 0 Å². The third-order valence-corrected chi connectivity index (χ3v) is 4.06. The van der Waals surface area contributed by atoms with Crippen LogP contribution in [-0.2, 0) is 14.3 Å². The van der Waals surface area contributed by atoms with E-state index in [0.717, 1.165) is 11.1 Å². The van der Waals surface area contributed by atoms with Crippen molar-refractivity contribution in [2.75, 3.05) is 19.8 Å².